The van der Waals surface area contributed by atoms with E-state index in [1.807, 2.05) is 0 Å². The fourth-order valence-corrected chi connectivity index (χ4v) is 2.58. The van der Waals surface area contributed by atoms with E-state index in [4.69, 9.17) is 9.84 Å². The molecule has 0 bridgehead atoms. The van der Waals surface area contributed by atoms with E-state index in [0.29, 0.717) is 11.6 Å². The Balaban J connectivity index is 2.55. The van der Waals surface area contributed by atoms with E-state index in [0.717, 1.165) is 0 Å². The van der Waals surface area contributed by atoms with Gasteiger partial charge in [0.2, 0.25) is 5.91 Å². The number of carboxylic acids is 1. The van der Waals surface area contributed by atoms with E-state index in [-0.39, 0.29) is 6.54 Å². The molecule has 0 aromatic rings. The monoisotopic (exact) mass is 289 g/mol. The highest BCUT2D eigenvalue weighted by atomic mass is 32.2. The third-order valence-electron chi connectivity index (χ3n) is 2.22. The molecule has 0 aromatic heterocycles. The summed E-state index contributed by atoms with van der Waals surface area (Å²) in [6.45, 7) is 4.69. The Bertz CT molecular complexity index is 391. The van der Waals surface area contributed by atoms with Crippen LogP contribution in [-0.4, -0.2) is 57.8 Å². The van der Waals surface area contributed by atoms with Crippen LogP contribution in [0.15, 0.2) is 4.99 Å². The van der Waals surface area contributed by atoms with Crippen molar-refractivity contribution in [2.75, 3.05) is 18.2 Å². The maximum absolute atomic E-state index is 11.8. The Morgan fingerprint density at radius 1 is 1.53 bits per heavy atom. The second-order valence-corrected chi connectivity index (χ2v) is 6.01. The third kappa shape index (κ3) is 4.98. The lowest BCUT2D eigenvalue weighted by atomic mass is 10.2. The smallest absolute Gasteiger partial charge is 0.327 e. The number of rotatable bonds is 3. The zero-order valence-corrected chi connectivity index (χ0v) is 11.9. The van der Waals surface area contributed by atoms with Gasteiger partial charge in [0.25, 0.3) is 0 Å². The highest BCUT2D eigenvalue weighted by Crippen LogP contribution is 2.21. The van der Waals surface area contributed by atoms with Crippen LogP contribution in [0.2, 0.25) is 0 Å². The van der Waals surface area contributed by atoms with Crippen molar-refractivity contribution in [1.29, 1.82) is 0 Å². The predicted molar refractivity (Wildman–Crippen MR) is 68.7 cm³/mol. The molecule has 1 amide bonds. The van der Waals surface area contributed by atoms with Gasteiger partial charge in [0, 0.05) is 11.4 Å². The molecule has 108 valence electrons. The van der Waals surface area contributed by atoms with Gasteiger partial charge < -0.3 is 19.8 Å². The average molecular weight is 289 g/mol. The Labute approximate surface area is 115 Å². The molecule has 1 heterocycles. The van der Waals surface area contributed by atoms with Crippen molar-refractivity contribution in [2.24, 2.45) is 4.99 Å². The molecule has 0 saturated carbocycles. The molecular weight excluding hydrogens is 272 g/mol. The standard InChI is InChI=1S/C11H18N2O5S/c1-11(2,3)18-10(17)12-4-8(14)13-6-19-5-7(13)9(15)16/h7H,4-6H2,1-3H3,(H,12,17)(H,15,16)/p-1. The number of thioether (sulfide) groups is 1. The van der Waals surface area contributed by atoms with Crippen LogP contribution in [0.25, 0.3) is 0 Å². The van der Waals surface area contributed by atoms with E-state index in [1.165, 1.54) is 16.7 Å². The van der Waals surface area contributed by atoms with Gasteiger partial charge in [-0.25, -0.2) is 4.79 Å². The van der Waals surface area contributed by atoms with E-state index < -0.39 is 29.6 Å². The lowest BCUT2D eigenvalue weighted by Crippen LogP contribution is -2.43. The van der Waals surface area contributed by atoms with Crippen LogP contribution >= 0.6 is 11.8 Å². The lowest BCUT2D eigenvalue weighted by Gasteiger charge is -2.29. The second-order valence-electron chi connectivity index (χ2n) is 5.01. The number of carbonyl (C=O) groups excluding carboxylic acids is 1. The van der Waals surface area contributed by atoms with Crippen molar-refractivity contribution in [3.63, 3.8) is 0 Å². The van der Waals surface area contributed by atoms with Crippen molar-refractivity contribution >= 4 is 29.7 Å². The molecular formula is C11H17N2O5S-. The minimum Gasteiger partial charge on any atom is -0.595 e. The Morgan fingerprint density at radius 3 is 2.68 bits per heavy atom. The maximum Gasteiger partial charge on any atom is 0.327 e. The summed E-state index contributed by atoms with van der Waals surface area (Å²) in [6, 6.07) is -0.841. The molecule has 8 heteroatoms. The minimum absolute atomic E-state index is 0.305. The number of carboxylic acid groups (broad SMARTS) is 1. The Morgan fingerprint density at radius 2 is 2.16 bits per heavy atom. The van der Waals surface area contributed by atoms with Crippen LogP contribution in [0, 0.1) is 0 Å². The van der Waals surface area contributed by atoms with Crippen LogP contribution in [0.1, 0.15) is 20.8 Å². The van der Waals surface area contributed by atoms with Gasteiger partial charge in [0.15, 0.2) is 0 Å². The Kier molecular flexibility index (Phi) is 5.04. The summed E-state index contributed by atoms with van der Waals surface area (Å²) in [6.07, 6.45) is -0.820. The molecule has 1 unspecified atom stereocenters. The van der Waals surface area contributed by atoms with Gasteiger partial charge in [-0.3, -0.25) is 9.79 Å². The highest BCUT2D eigenvalue weighted by molar-refractivity contribution is 7.99. The molecule has 1 N–H and O–H groups in total. The van der Waals surface area contributed by atoms with Crippen LogP contribution in [0.4, 0.5) is 0 Å². The summed E-state index contributed by atoms with van der Waals surface area (Å²) in [5, 5.41) is 20.2. The number of aliphatic imine (C=N–C) groups is 1. The Hall–Kier alpha value is -1.44. The quantitative estimate of drug-likeness (QED) is 0.555. The van der Waals surface area contributed by atoms with Crippen LogP contribution in [0.3, 0.4) is 0 Å². The summed E-state index contributed by atoms with van der Waals surface area (Å²) in [4.78, 5) is 27.4. The molecule has 1 rings (SSSR count). The van der Waals surface area contributed by atoms with Gasteiger partial charge in [0.1, 0.15) is 18.7 Å². The summed E-state index contributed by atoms with van der Waals surface area (Å²) in [5.74, 6) is -0.869. The number of nitrogens with zero attached hydrogens (tertiary/aromatic N) is 2. The number of amides is 1. The van der Waals surface area contributed by atoms with Gasteiger partial charge >= 0.3 is 5.97 Å². The number of aliphatic carboxylic acids is 1. The van der Waals surface area contributed by atoms with Crippen molar-refractivity contribution in [1.82, 2.24) is 4.90 Å². The van der Waals surface area contributed by atoms with Gasteiger partial charge in [-0.15, -0.1) is 11.8 Å². The summed E-state index contributed by atoms with van der Waals surface area (Å²) in [5.41, 5.74) is -0.670. The topological polar surface area (TPSA) is 102 Å². The molecule has 0 spiro atoms. The summed E-state index contributed by atoms with van der Waals surface area (Å²) >= 11 is 1.36. The third-order valence-corrected chi connectivity index (χ3v) is 3.24. The van der Waals surface area contributed by atoms with E-state index in [2.05, 4.69) is 4.99 Å². The van der Waals surface area contributed by atoms with Crippen LogP contribution < -0.4 is 5.11 Å². The highest BCUT2D eigenvalue weighted by Gasteiger charge is 2.34. The molecule has 1 fully saturated rings. The summed E-state index contributed by atoms with van der Waals surface area (Å²) < 4.78 is 4.93. The molecule has 1 aliphatic rings. The zero-order chi connectivity index (χ0) is 14.6. The van der Waals surface area contributed by atoms with E-state index >= 15 is 0 Å². The molecule has 1 saturated heterocycles. The molecule has 0 radical (unpaired) electrons. The van der Waals surface area contributed by atoms with Crippen molar-refractivity contribution in [3.8, 4) is 0 Å². The SMILES string of the molecule is CC(C)(C)OC([O-])=NCC(=O)N1CSCC1C(=O)O. The lowest BCUT2D eigenvalue weighted by molar-refractivity contribution is -0.260. The van der Waals surface area contributed by atoms with Crippen molar-refractivity contribution < 1.29 is 24.5 Å². The zero-order valence-electron chi connectivity index (χ0n) is 11.1. The van der Waals surface area contributed by atoms with Gasteiger partial charge in [-0.2, -0.15) is 0 Å². The largest absolute Gasteiger partial charge is 0.595 e. The number of carbonyl (C=O) groups is 2. The van der Waals surface area contributed by atoms with Gasteiger partial charge in [-0.05, 0) is 0 Å². The number of ether oxygens (including phenoxy) is 1. The first-order valence-corrected chi connectivity index (χ1v) is 6.86. The fraction of sp³-hybridized carbons (Fsp3) is 0.727. The maximum atomic E-state index is 11.8. The molecule has 1 aliphatic heterocycles. The minimum atomic E-state index is -1.05. The number of hydrogen-bond acceptors (Lipinski definition) is 6. The van der Waals surface area contributed by atoms with Crippen LogP contribution in [-0.2, 0) is 14.3 Å². The number of hydrogen-bond donors (Lipinski definition) is 1. The molecule has 7 nitrogen and oxygen atoms in total. The van der Waals surface area contributed by atoms with E-state index in [1.54, 1.807) is 20.8 Å². The first-order valence-electron chi connectivity index (χ1n) is 5.71. The average Bonchev–Trinajstić information content (AvgIpc) is 2.72. The second kappa shape index (κ2) is 6.14. The van der Waals surface area contributed by atoms with Gasteiger partial charge in [0.05, 0.1) is 5.88 Å². The van der Waals surface area contributed by atoms with Gasteiger partial charge in [-0.1, -0.05) is 20.8 Å². The van der Waals surface area contributed by atoms with Crippen molar-refractivity contribution in [2.45, 2.75) is 32.4 Å². The molecule has 0 aliphatic carbocycles. The van der Waals surface area contributed by atoms with E-state index in [9.17, 15) is 14.7 Å². The summed E-state index contributed by atoms with van der Waals surface area (Å²) in [7, 11) is 0. The molecule has 0 aromatic carbocycles. The predicted octanol–water partition coefficient (Wildman–Crippen LogP) is -0.496. The normalized spacial score (nSPS) is 20.5. The first kappa shape index (κ1) is 15.6. The van der Waals surface area contributed by atoms with Crippen molar-refractivity contribution in [3.05, 3.63) is 0 Å². The molecule has 19 heavy (non-hydrogen) atoms. The molecule has 1 atom stereocenters. The first-order chi connectivity index (χ1) is 8.70. The fourth-order valence-electron chi connectivity index (χ4n) is 1.41. The van der Waals surface area contributed by atoms with Crippen LogP contribution in [0.5, 0.6) is 0 Å².